The van der Waals surface area contributed by atoms with Crippen LogP contribution in [0.4, 0.5) is 0 Å². The second-order valence-electron chi connectivity index (χ2n) is 7.53. The standard InChI is InChI=1S/C23H23N3O4S/c27-21(15-31-23-25-24-22(30-23)16-6-2-1-3-7-16)26-11-4-8-18(26)17-9-10-19-20(14-17)29-13-5-12-28-19/h1-3,6-7,9-10,14,18H,4-5,8,11-13,15H2. The zero-order valence-electron chi connectivity index (χ0n) is 17.0. The Morgan fingerprint density at radius 1 is 1.03 bits per heavy atom. The molecule has 1 amide bonds. The molecule has 0 bridgehead atoms. The first kappa shape index (κ1) is 19.9. The van der Waals surface area contributed by atoms with E-state index in [1.807, 2.05) is 53.4 Å². The number of fused-ring (bicyclic) bond motifs is 1. The Kier molecular flexibility index (Phi) is 5.80. The number of ether oxygens (including phenoxy) is 2. The monoisotopic (exact) mass is 437 g/mol. The Balaban J connectivity index is 1.24. The molecule has 5 rings (SSSR count). The molecule has 3 heterocycles. The van der Waals surface area contributed by atoms with E-state index in [1.165, 1.54) is 11.8 Å². The average molecular weight is 438 g/mol. The molecule has 8 heteroatoms. The quantitative estimate of drug-likeness (QED) is 0.549. The van der Waals surface area contributed by atoms with Gasteiger partial charge >= 0.3 is 0 Å². The summed E-state index contributed by atoms with van der Waals surface area (Å²) in [7, 11) is 0. The molecule has 7 nitrogen and oxygen atoms in total. The van der Waals surface area contributed by atoms with Gasteiger partial charge in [0.05, 0.1) is 25.0 Å². The van der Waals surface area contributed by atoms with Gasteiger partial charge in [-0.2, -0.15) is 0 Å². The van der Waals surface area contributed by atoms with Crippen LogP contribution in [0.5, 0.6) is 11.5 Å². The molecule has 2 aromatic carbocycles. The lowest BCUT2D eigenvalue weighted by atomic mass is 10.0. The molecule has 1 saturated heterocycles. The van der Waals surface area contributed by atoms with Crippen LogP contribution in [0, 0.1) is 0 Å². The predicted molar refractivity (Wildman–Crippen MR) is 116 cm³/mol. The molecule has 0 spiro atoms. The second-order valence-corrected chi connectivity index (χ2v) is 8.46. The Bertz CT molecular complexity index is 1060. The third kappa shape index (κ3) is 4.39. The summed E-state index contributed by atoms with van der Waals surface area (Å²) in [6, 6.07) is 15.7. The maximum Gasteiger partial charge on any atom is 0.277 e. The van der Waals surface area contributed by atoms with E-state index in [0.29, 0.717) is 24.3 Å². The molecule has 3 aromatic rings. The summed E-state index contributed by atoms with van der Waals surface area (Å²) >= 11 is 1.28. The van der Waals surface area contributed by atoms with Crippen molar-refractivity contribution in [1.29, 1.82) is 0 Å². The highest BCUT2D eigenvalue weighted by atomic mass is 32.2. The Morgan fingerprint density at radius 2 is 1.87 bits per heavy atom. The molecule has 2 aliphatic rings. The minimum atomic E-state index is 0.0489. The topological polar surface area (TPSA) is 77.7 Å². The number of benzene rings is 2. The van der Waals surface area contributed by atoms with Crippen LogP contribution in [0.3, 0.4) is 0 Å². The number of rotatable bonds is 5. The molecule has 0 aliphatic carbocycles. The van der Waals surface area contributed by atoms with Gasteiger partial charge in [0.2, 0.25) is 11.8 Å². The second kappa shape index (κ2) is 9.01. The lowest BCUT2D eigenvalue weighted by Gasteiger charge is -2.25. The fourth-order valence-corrected chi connectivity index (χ4v) is 4.62. The molecule has 1 aromatic heterocycles. The van der Waals surface area contributed by atoms with E-state index < -0.39 is 0 Å². The van der Waals surface area contributed by atoms with Crippen molar-refractivity contribution in [2.75, 3.05) is 25.5 Å². The van der Waals surface area contributed by atoms with Gasteiger partial charge in [-0.1, -0.05) is 36.0 Å². The number of carbonyl (C=O) groups excluding carboxylic acids is 1. The van der Waals surface area contributed by atoms with Crippen molar-refractivity contribution in [3.63, 3.8) is 0 Å². The van der Waals surface area contributed by atoms with E-state index in [-0.39, 0.29) is 17.7 Å². The van der Waals surface area contributed by atoms with Crippen molar-refractivity contribution in [1.82, 2.24) is 15.1 Å². The predicted octanol–water partition coefficient (Wildman–Crippen LogP) is 4.35. The first-order valence-electron chi connectivity index (χ1n) is 10.5. The number of aromatic nitrogens is 2. The number of thioether (sulfide) groups is 1. The van der Waals surface area contributed by atoms with Gasteiger partial charge in [0.15, 0.2) is 11.5 Å². The molecule has 0 radical (unpaired) electrons. The first-order valence-corrected chi connectivity index (χ1v) is 11.5. The molecule has 2 aliphatic heterocycles. The lowest BCUT2D eigenvalue weighted by Crippen LogP contribution is -2.32. The molecule has 0 saturated carbocycles. The van der Waals surface area contributed by atoms with Crippen molar-refractivity contribution < 1.29 is 18.7 Å². The van der Waals surface area contributed by atoms with Crippen molar-refractivity contribution in [2.24, 2.45) is 0 Å². The van der Waals surface area contributed by atoms with Crippen molar-refractivity contribution in [2.45, 2.75) is 30.5 Å². The molecule has 0 N–H and O–H groups in total. The molecule has 160 valence electrons. The van der Waals surface area contributed by atoms with Crippen molar-refractivity contribution in [3.8, 4) is 23.0 Å². The molecular weight excluding hydrogens is 414 g/mol. The van der Waals surface area contributed by atoms with Gasteiger partial charge in [0, 0.05) is 18.5 Å². The van der Waals surface area contributed by atoms with Crippen LogP contribution in [0.25, 0.3) is 11.5 Å². The van der Waals surface area contributed by atoms with Gasteiger partial charge < -0.3 is 18.8 Å². The van der Waals surface area contributed by atoms with E-state index in [2.05, 4.69) is 10.2 Å². The van der Waals surface area contributed by atoms with Crippen molar-refractivity contribution >= 4 is 17.7 Å². The van der Waals surface area contributed by atoms with Gasteiger partial charge in [0.25, 0.3) is 5.22 Å². The summed E-state index contributed by atoms with van der Waals surface area (Å²) in [5.41, 5.74) is 1.95. The van der Waals surface area contributed by atoms with Crippen LogP contribution in [-0.2, 0) is 4.79 Å². The number of hydrogen-bond acceptors (Lipinski definition) is 7. The first-order chi connectivity index (χ1) is 15.3. The summed E-state index contributed by atoms with van der Waals surface area (Å²) in [6.45, 7) is 2.06. The highest BCUT2D eigenvalue weighted by molar-refractivity contribution is 7.99. The fraction of sp³-hybridized carbons (Fsp3) is 0.348. The Morgan fingerprint density at radius 3 is 2.74 bits per heavy atom. The molecule has 1 atom stereocenters. The van der Waals surface area contributed by atoms with Crippen LogP contribution in [0.15, 0.2) is 58.2 Å². The van der Waals surface area contributed by atoms with Crippen LogP contribution < -0.4 is 9.47 Å². The van der Waals surface area contributed by atoms with Gasteiger partial charge in [0.1, 0.15) is 0 Å². The van der Waals surface area contributed by atoms with Gasteiger partial charge in [-0.05, 0) is 42.7 Å². The zero-order valence-corrected chi connectivity index (χ0v) is 17.8. The third-order valence-corrected chi connectivity index (χ3v) is 6.28. The Hall–Kier alpha value is -3.00. The van der Waals surface area contributed by atoms with Gasteiger partial charge in [-0.15, -0.1) is 10.2 Å². The highest BCUT2D eigenvalue weighted by Crippen LogP contribution is 2.38. The van der Waals surface area contributed by atoms with Gasteiger partial charge in [-0.25, -0.2) is 0 Å². The summed E-state index contributed by atoms with van der Waals surface area (Å²) in [5.74, 6) is 2.33. The largest absolute Gasteiger partial charge is 0.490 e. The summed E-state index contributed by atoms with van der Waals surface area (Å²) < 4.78 is 17.3. The molecule has 1 unspecified atom stereocenters. The van der Waals surface area contributed by atoms with E-state index in [4.69, 9.17) is 13.9 Å². The van der Waals surface area contributed by atoms with Crippen LogP contribution in [-0.4, -0.2) is 46.5 Å². The van der Waals surface area contributed by atoms with Crippen molar-refractivity contribution in [3.05, 3.63) is 54.1 Å². The number of likely N-dealkylation sites (tertiary alicyclic amines) is 1. The lowest BCUT2D eigenvalue weighted by molar-refractivity contribution is -0.129. The maximum atomic E-state index is 13.0. The Labute approximate surface area is 184 Å². The van der Waals surface area contributed by atoms with E-state index in [9.17, 15) is 4.79 Å². The number of carbonyl (C=O) groups is 1. The molecular formula is C23H23N3O4S. The summed E-state index contributed by atoms with van der Waals surface area (Å²) in [5, 5.41) is 8.56. The number of hydrogen-bond donors (Lipinski definition) is 0. The molecule has 1 fully saturated rings. The SMILES string of the molecule is O=C(CSc1nnc(-c2ccccc2)o1)N1CCCC1c1ccc2c(c1)OCCCO2. The maximum absolute atomic E-state index is 13.0. The minimum Gasteiger partial charge on any atom is -0.490 e. The highest BCUT2D eigenvalue weighted by Gasteiger charge is 2.31. The van der Waals surface area contributed by atoms with E-state index in [1.54, 1.807) is 0 Å². The summed E-state index contributed by atoms with van der Waals surface area (Å²) in [6.07, 6.45) is 2.79. The van der Waals surface area contributed by atoms with Crippen LogP contribution >= 0.6 is 11.8 Å². The smallest absolute Gasteiger partial charge is 0.277 e. The number of nitrogens with zero attached hydrogens (tertiary/aromatic N) is 3. The average Bonchev–Trinajstić information content (AvgIpc) is 3.43. The normalized spacial score (nSPS) is 18.1. The van der Waals surface area contributed by atoms with Crippen LogP contribution in [0.1, 0.15) is 30.9 Å². The fourth-order valence-electron chi connectivity index (χ4n) is 3.97. The number of amides is 1. The van der Waals surface area contributed by atoms with E-state index in [0.717, 1.165) is 48.4 Å². The summed E-state index contributed by atoms with van der Waals surface area (Å²) in [4.78, 5) is 14.9. The minimum absolute atomic E-state index is 0.0489. The third-order valence-electron chi connectivity index (χ3n) is 5.48. The van der Waals surface area contributed by atoms with E-state index >= 15 is 0 Å². The molecule has 31 heavy (non-hydrogen) atoms. The van der Waals surface area contributed by atoms with Gasteiger partial charge in [-0.3, -0.25) is 4.79 Å². The zero-order chi connectivity index (χ0) is 21.0. The van der Waals surface area contributed by atoms with Crippen LogP contribution in [0.2, 0.25) is 0 Å².